The molecule has 1 aliphatic rings. The van der Waals surface area contributed by atoms with Crippen molar-refractivity contribution in [2.45, 2.75) is 26.2 Å². The number of hydrogen-bond acceptors (Lipinski definition) is 5. The van der Waals surface area contributed by atoms with Crippen LogP contribution < -0.4 is 20.5 Å². The van der Waals surface area contributed by atoms with E-state index in [2.05, 4.69) is 5.32 Å². The molecule has 0 fully saturated rings. The SMILES string of the molecule is Cc1csc(NC(=O)CCCc2ccc3c(c2)OCCO3)c1C(N)=O. The molecule has 1 aromatic heterocycles. The maximum Gasteiger partial charge on any atom is 0.251 e. The van der Waals surface area contributed by atoms with Gasteiger partial charge in [-0.15, -0.1) is 11.3 Å². The zero-order chi connectivity index (χ0) is 17.8. The van der Waals surface area contributed by atoms with E-state index in [0.717, 1.165) is 29.0 Å². The van der Waals surface area contributed by atoms with Crippen molar-refractivity contribution in [2.75, 3.05) is 18.5 Å². The quantitative estimate of drug-likeness (QED) is 0.829. The number of nitrogens with one attached hydrogen (secondary N) is 1. The van der Waals surface area contributed by atoms with E-state index in [-0.39, 0.29) is 5.91 Å². The third-order valence-corrected chi connectivity index (χ3v) is 4.96. The van der Waals surface area contributed by atoms with E-state index in [4.69, 9.17) is 15.2 Å². The number of amides is 2. The van der Waals surface area contributed by atoms with E-state index in [1.807, 2.05) is 23.6 Å². The van der Waals surface area contributed by atoms with Crippen LogP contribution in [0.1, 0.15) is 34.3 Å². The van der Waals surface area contributed by atoms with Crippen LogP contribution in [0.2, 0.25) is 0 Å². The molecule has 3 rings (SSSR count). The molecular weight excluding hydrogens is 340 g/mol. The number of thiophene rings is 1. The summed E-state index contributed by atoms with van der Waals surface area (Å²) in [5.41, 5.74) is 7.64. The fourth-order valence-electron chi connectivity index (χ4n) is 2.73. The van der Waals surface area contributed by atoms with Gasteiger partial charge in [0.25, 0.3) is 5.91 Å². The van der Waals surface area contributed by atoms with Gasteiger partial charge in [0.05, 0.1) is 5.56 Å². The van der Waals surface area contributed by atoms with Crippen molar-refractivity contribution in [3.8, 4) is 11.5 Å². The molecule has 3 N–H and O–H groups in total. The van der Waals surface area contributed by atoms with Gasteiger partial charge < -0.3 is 20.5 Å². The summed E-state index contributed by atoms with van der Waals surface area (Å²) in [5.74, 6) is 0.875. The van der Waals surface area contributed by atoms with E-state index >= 15 is 0 Å². The molecule has 7 heteroatoms. The molecule has 1 aliphatic heterocycles. The summed E-state index contributed by atoms with van der Waals surface area (Å²) in [4.78, 5) is 23.6. The lowest BCUT2D eigenvalue weighted by Crippen LogP contribution is -2.17. The fourth-order valence-corrected chi connectivity index (χ4v) is 3.69. The first-order valence-electron chi connectivity index (χ1n) is 8.11. The van der Waals surface area contributed by atoms with E-state index < -0.39 is 5.91 Å². The first-order chi connectivity index (χ1) is 12.0. The molecule has 0 bridgehead atoms. The first kappa shape index (κ1) is 17.3. The Morgan fingerprint density at radius 3 is 2.76 bits per heavy atom. The number of carbonyl (C=O) groups excluding carboxylic acids is 2. The van der Waals surface area contributed by atoms with Gasteiger partial charge in [-0.1, -0.05) is 6.07 Å². The third kappa shape index (κ3) is 4.11. The maximum atomic E-state index is 12.1. The minimum Gasteiger partial charge on any atom is -0.486 e. The monoisotopic (exact) mass is 360 g/mol. The molecule has 2 aromatic rings. The average Bonchev–Trinajstić information content (AvgIpc) is 2.95. The van der Waals surface area contributed by atoms with Crippen LogP contribution >= 0.6 is 11.3 Å². The van der Waals surface area contributed by atoms with Gasteiger partial charge in [-0.05, 0) is 48.4 Å². The standard InChI is InChI=1S/C18H20N2O4S/c1-11-10-25-18(16(11)17(19)22)20-15(21)4-2-3-12-5-6-13-14(9-12)24-8-7-23-13/h5-6,9-10H,2-4,7-8H2,1H3,(H2,19,22)(H,20,21). The average molecular weight is 360 g/mol. The molecule has 6 nitrogen and oxygen atoms in total. The topological polar surface area (TPSA) is 90.7 Å². The van der Waals surface area contributed by atoms with Crippen molar-refractivity contribution >= 4 is 28.2 Å². The lowest BCUT2D eigenvalue weighted by molar-refractivity contribution is -0.116. The zero-order valence-electron chi connectivity index (χ0n) is 14.0. The number of carbonyl (C=O) groups is 2. The molecule has 2 heterocycles. The summed E-state index contributed by atoms with van der Waals surface area (Å²) in [5, 5.41) is 5.12. The molecule has 0 saturated heterocycles. The summed E-state index contributed by atoms with van der Waals surface area (Å²) in [7, 11) is 0. The molecule has 2 amide bonds. The summed E-state index contributed by atoms with van der Waals surface area (Å²) in [6, 6.07) is 5.84. The third-order valence-electron chi connectivity index (χ3n) is 3.95. The van der Waals surface area contributed by atoms with Crippen molar-refractivity contribution in [3.05, 3.63) is 40.3 Å². The van der Waals surface area contributed by atoms with E-state index in [9.17, 15) is 9.59 Å². The summed E-state index contributed by atoms with van der Waals surface area (Å²) in [6.07, 6.45) is 1.82. The van der Waals surface area contributed by atoms with Crippen molar-refractivity contribution < 1.29 is 19.1 Å². The molecule has 0 unspecified atom stereocenters. The molecule has 0 atom stereocenters. The van der Waals surface area contributed by atoms with Crippen LogP contribution in [-0.2, 0) is 11.2 Å². The lowest BCUT2D eigenvalue weighted by Gasteiger charge is -2.18. The Morgan fingerprint density at radius 2 is 2.00 bits per heavy atom. The maximum absolute atomic E-state index is 12.1. The number of benzene rings is 1. The molecular formula is C18H20N2O4S. The smallest absolute Gasteiger partial charge is 0.251 e. The minimum atomic E-state index is -0.523. The summed E-state index contributed by atoms with van der Waals surface area (Å²) < 4.78 is 11.1. The van der Waals surface area contributed by atoms with Crippen LogP contribution in [-0.4, -0.2) is 25.0 Å². The van der Waals surface area contributed by atoms with Gasteiger partial charge in [0, 0.05) is 6.42 Å². The Labute approximate surface area is 149 Å². The number of anilines is 1. The van der Waals surface area contributed by atoms with E-state index in [1.165, 1.54) is 11.3 Å². The van der Waals surface area contributed by atoms with Crippen LogP contribution in [0.4, 0.5) is 5.00 Å². The molecule has 0 aliphatic carbocycles. The number of aryl methyl sites for hydroxylation is 2. The Bertz CT molecular complexity index is 800. The number of ether oxygens (including phenoxy) is 2. The molecule has 0 radical (unpaired) electrons. The largest absolute Gasteiger partial charge is 0.486 e. The first-order valence-corrected chi connectivity index (χ1v) is 8.99. The number of hydrogen-bond donors (Lipinski definition) is 2. The van der Waals surface area contributed by atoms with Gasteiger partial charge in [0.2, 0.25) is 5.91 Å². The van der Waals surface area contributed by atoms with Crippen LogP contribution in [0.3, 0.4) is 0 Å². The molecule has 0 spiro atoms. The fraction of sp³-hybridized carbons (Fsp3) is 0.333. The van der Waals surface area contributed by atoms with Gasteiger partial charge in [-0.2, -0.15) is 0 Å². The Kier molecular flexibility index (Phi) is 5.23. The Morgan fingerprint density at radius 1 is 1.24 bits per heavy atom. The number of primary amides is 1. The van der Waals surface area contributed by atoms with E-state index in [0.29, 0.717) is 36.6 Å². The number of rotatable bonds is 6. The van der Waals surface area contributed by atoms with Gasteiger partial charge in [-0.3, -0.25) is 9.59 Å². The molecule has 132 valence electrons. The molecule has 1 aromatic carbocycles. The lowest BCUT2D eigenvalue weighted by atomic mass is 10.1. The van der Waals surface area contributed by atoms with Gasteiger partial charge in [0.15, 0.2) is 11.5 Å². The van der Waals surface area contributed by atoms with Crippen molar-refractivity contribution in [3.63, 3.8) is 0 Å². The Hall–Kier alpha value is -2.54. The summed E-state index contributed by atoms with van der Waals surface area (Å²) >= 11 is 1.31. The van der Waals surface area contributed by atoms with Crippen LogP contribution in [0.5, 0.6) is 11.5 Å². The van der Waals surface area contributed by atoms with Crippen molar-refractivity contribution in [2.24, 2.45) is 5.73 Å². The van der Waals surface area contributed by atoms with Gasteiger partial charge in [0.1, 0.15) is 18.2 Å². The van der Waals surface area contributed by atoms with Gasteiger partial charge >= 0.3 is 0 Å². The number of fused-ring (bicyclic) bond motifs is 1. The van der Waals surface area contributed by atoms with Crippen LogP contribution in [0, 0.1) is 6.92 Å². The second kappa shape index (κ2) is 7.57. The zero-order valence-corrected chi connectivity index (χ0v) is 14.8. The van der Waals surface area contributed by atoms with Crippen LogP contribution in [0.15, 0.2) is 23.6 Å². The van der Waals surface area contributed by atoms with E-state index in [1.54, 1.807) is 6.92 Å². The van der Waals surface area contributed by atoms with Gasteiger partial charge in [-0.25, -0.2) is 0 Å². The van der Waals surface area contributed by atoms with Crippen LogP contribution in [0.25, 0.3) is 0 Å². The summed E-state index contributed by atoms with van der Waals surface area (Å²) in [6.45, 7) is 2.93. The second-order valence-electron chi connectivity index (χ2n) is 5.87. The minimum absolute atomic E-state index is 0.123. The predicted octanol–water partition coefficient (Wildman–Crippen LogP) is 2.89. The highest BCUT2D eigenvalue weighted by molar-refractivity contribution is 7.15. The highest BCUT2D eigenvalue weighted by Gasteiger charge is 2.16. The molecule has 25 heavy (non-hydrogen) atoms. The van der Waals surface area contributed by atoms with Crippen molar-refractivity contribution in [1.82, 2.24) is 0 Å². The van der Waals surface area contributed by atoms with Crippen molar-refractivity contribution in [1.29, 1.82) is 0 Å². The highest BCUT2D eigenvalue weighted by Crippen LogP contribution is 2.31. The predicted molar refractivity (Wildman–Crippen MR) is 96.6 cm³/mol. The highest BCUT2D eigenvalue weighted by atomic mass is 32.1. The molecule has 0 saturated carbocycles. The Balaban J connectivity index is 1.52. The second-order valence-corrected chi connectivity index (χ2v) is 6.75. The normalized spacial score (nSPS) is 12.7. The number of nitrogens with two attached hydrogens (primary N) is 1.